The van der Waals surface area contributed by atoms with Crippen molar-refractivity contribution in [3.8, 4) is 0 Å². The first-order valence-corrected chi connectivity index (χ1v) is 8.78. The average molecular weight is 336 g/mol. The minimum Gasteiger partial charge on any atom is -0.451 e. The van der Waals surface area contributed by atoms with E-state index < -0.39 is 0 Å². The maximum Gasteiger partial charge on any atom is 0.287 e. The van der Waals surface area contributed by atoms with Crippen LogP contribution in [0.1, 0.15) is 36.0 Å². The standard InChI is InChI=1S/C21H24N2O2/c1-3-23(4-2)18(16-10-6-5-7-11-16)15-22-21(24)20-14-17-12-8-9-13-19(17)25-20/h5-14,18H,3-4,15H2,1-2H3,(H,22,24). The van der Waals surface area contributed by atoms with E-state index in [1.807, 2.05) is 42.5 Å². The zero-order valence-corrected chi connectivity index (χ0v) is 14.7. The van der Waals surface area contributed by atoms with E-state index in [4.69, 9.17) is 4.42 Å². The van der Waals surface area contributed by atoms with E-state index >= 15 is 0 Å². The molecule has 0 aliphatic heterocycles. The first-order valence-electron chi connectivity index (χ1n) is 8.78. The fraction of sp³-hybridized carbons (Fsp3) is 0.286. The molecule has 0 spiro atoms. The highest BCUT2D eigenvalue weighted by molar-refractivity contribution is 5.96. The van der Waals surface area contributed by atoms with Gasteiger partial charge in [-0.25, -0.2) is 0 Å². The van der Waals surface area contributed by atoms with Crippen molar-refractivity contribution < 1.29 is 9.21 Å². The number of carbonyl (C=O) groups is 1. The van der Waals surface area contributed by atoms with Gasteiger partial charge >= 0.3 is 0 Å². The zero-order valence-electron chi connectivity index (χ0n) is 14.7. The maximum atomic E-state index is 12.5. The van der Waals surface area contributed by atoms with Crippen LogP contribution in [0.25, 0.3) is 11.0 Å². The second-order valence-corrected chi connectivity index (χ2v) is 6.01. The van der Waals surface area contributed by atoms with E-state index in [1.165, 1.54) is 5.56 Å². The number of amides is 1. The van der Waals surface area contributed by atoms with Gasteiger partial charge in [-0.15, -0.1) is 0 Å². The summed E-state index contributed by atoms with van der Waals surface area (Å²) in [5.74, 6) is 0.178. The molecule has 3 aromatic rings. The Labute approximate surface area is 148 Å². The summed E-state index contributed by atoms with van der Waals surface area (Å²) in [7, 11) is 0. The fourth-order valence-corrected chi connectivity index (χ4v) is 3.17. The predicted molar refractivity (Wildman–Crippen MR) is 101 cm³/mol. The van der Waals surface area contributed by atoms with E-state index in [2.05, 4.69) is 36.2 Å². The molecule has 1 unspecified atom stereocenters. The van der Waals surface area contributed by atoms with Crippen LogP contribution < -0.4 is 5.32 Å². The highest BCUT2D eigenvalue weighted by Crippen LogP contribution is 2.21. The van der Waals surface area contributed by atoms with Crippen LogP contribution in [0.4, 0.5) is 0 Å². The molecule has 0 bridgehead atoms. The van der Waals surface area contributed by atoms with Gasteiger partial charge in [0.15, 0.2) is 5.76 Å². The number of benzene rings is 2. The highest BCUT2D eigenvalue weighted by atomic mass is 16.3. The average Bonchev–Trinajstić information content (AvgIpc) is 3.10. The summed E-state index contributed by atoms with van der Waals surface area (Å²) in [5, 5.41) is 3.97. The zero-order chi connectivity index (χ0) is 17.6. The molecule has 4 heteroatoms. The molecule has 0 aliphatic carbocycles. The molecule has 0 saturated heterocycles. The van der Waals surface area contributed by atoms with Crippen molar-refractivity contribution in [1.82, 2.24) is 10.2 Å². The lowest BCUT2D eigenvalue weighted by atomic mass is 10.1. The minimum absolute atomic E-state index is 0.143. The predicted octanol–water partition coefficient (Wildman–Crippen LogP) is 4.25. The summed E-state index contributed by atoms with van der Waals surface area (Å²) >= 11 is 0. The summed E-state index contributed by atoms with van der Waals surface area (Å²) in [4.78, 5) is 14.9. The van der Waals surface area contributed by atoms with Crippen LogP contribution in [0.2, 0.25) is 0 Å². The number of likely N-dealkylation sites (N-methyl/N-ethyl adjacent to an activating group) is 1. The van der Waals surface area contributed by atoms with Crippen molar-refractivity contribution >= 4 is 16.9 Å². The van der Waals surface area contributed by atoms with E-state index in [-0.39, 0.29) is 11.9 Å². The molecule has 0 saturated carbocycles. The Morgan fingerprint density at radius 1 is 1.04 bits per heavy atom. The van der Waals surface area contributed by atoms with Crippen LogP contribution in [0.3, 0.4) is 0 Å². The van der Waals surface area contributed by atoms with Gasteiger partial charge in [-0.3, -0.25) is 9.69 Å². The van der Waals surface area contributed by atoms with Crippen LogP contribution in [-0.4, -0.2) is 30.4 Å². The molecule has 4 nitrogen and oxygen atoms in total. The van der Waals surface area contributed by atoms with Crippen molar-refractivity contribution in [2.45, 2.75) is 19.9 Å². The lowest BCUT2D eigenvalue weighted by molar-refractivity contribution is 0.0909. The summed E-state index contributed by atoms with van der Waals surface area (Å²) in [6, 6.07) is 19.9. The minimum atomic E-state index is -0.177. The number of fused-ring (bicyclic) bond motifs is 1. The second kappa shape index (κ2) is 7.99. The summed E-state index contributed by atoms with van der Waals surface area (Å²) < 4.78 is 5.66. The Morgan fingerprint density at radius 2 is 1.72 bits per heavy atom. The van der Waals surface area contributed by atoms with E-state index in [1.54, 1.807) is 6.07 Å². The lowest BCUT2D eigenvalue weighted by Gasteiger charge is -2.30. The third-order valence-corrected chi connectivity index (χ3v) is 4.54. The van der Waals surface area contributed by atoms with Crippen molar-refractivity contribution in [2.24, 2.45) is 0 Å². The molecule has 2 aromatic carbocycles. The Balaban J connectivity index is 1.74. The number of para-hydroxylation sites is 1. The van der Waals surface area contributed by atoms with E-state index in [9.17, 15) is 4.79 Å². The van der Waals surface area contributed by atoms with Gasteiger partial charge in [0, 0.05) is 11.9 Å². The van der Waals surface area contributed by atoms with E-state index in [0.717, 1.165) is 24.1 Å². The van der Waals surface area contributed by atoms with Gasteiger partial charge in [-0.2, -0.15) is 0 Å². The number of hydrogen-bond donors (Lipinski definition) is 1. The molecular weight excluding hydrogens is 312 g/mol. The molecule has 0 fully saturated rings. The quantitative estimate of drug-likeness (QED) is 0.702. The normalized spacial score (nSPS) is 12.4. The van der Waals surface area contributed by atoms with Crippen LogP contribution in [0, 0.1) is 0 Å². The first-order chi connectivity index (χ1) is 12.2. The molecule has 1 N–H and O–H groups in total. The molecule has 1 atom stereocenters. The molecule has 1 heterocycles. The summed E-state index contributed by atoms with van der Waals surface area (Å²) in [5.41, 5.74) is 1.94. The number of carbonyl (C=O) groups excluding carboxylic acids is 1. The molecular formula is C21H24N2O2. The highest BCUT2D eigenvalue weighted by Gasteiger charge is 2.20. The topological polar surface area (TPSA) is 45.5 Å². The van der Waals surface area contributed by atoms with Gasteiger partial charge in [0.2, 0.25) is 0 Å². The Kier molecular flexibility index (Phi) is 5.51. The Bertz CT molecular complexity index is 789. The Hall–Kier alpha value is -2.59. The maximum absolute atomic E-state index is 12.5. The molecule has 0 aliphatic rings. The molecule has 1 aromatic heterocycles. The monoisotopic (exact) mass is 336 g/mol. The van der Waals surface area contributed by atoms with E-state index in [0.29, 0.717) is 12.3 Å². The third-order valence-electron chi connectivity index (χ3n) is 4.54. The number of rotatable bonds is 7. The number of hydrogen-bond acceptors (Lipinski definition) is 3. The smallest absolute Gasteiger partial charge is 0.287 e. The molecule has 25 heavy (non-hydrogen) atoms. The molecule has 3 rings (SSSR count). The molecule has 1 amide bonds. The van der Waals surface area contributed by atoms with Crippen LogP contribution in [0.5, 0.6) is 0 Å². The molecule has 130 valence electrons. The van der Waals surface area contributed by atoms with Gasteiger partial charge in [0.25, 0.3) is 5.91 Å². The van der Waals surface area contributed by atoms with Gasteiger partial charge in [-0.1, -0.05) is 62.4 Å². The van der Waals surface area contributed by atoms with Gasteiger partial charge < -0.3 is 9.73 Å². The summed E-state index contributed by atoms with van der Waals surface area (Å²) in [6.07, 6.45) is 0. The van der Waals surface area contributed by atoms with Crippen molar-refractivity contribution in [1.29, 1.82) is 0 Å². The number of nitrogens with zero attached hydrogens (tertiary/aromatic N) is 1. The SMILES string of the molecule is CCN(CC)C(CNC(=O)c1cc2ccccc2o1)c1ccccc1. The Morgan fingerprint density at radius 3 is 2.40 bits per heavy atom. The third kappa shape index (κ3) is 3.91. The second-order valence-electron chi connectivity index (χ2n) is 6.01. The first kappa shape index (κ1) is 17.2. The van der Waals surface area contributed by atoms with Crippen molar-refractivity contribution in [3.63, 3.8) is 0 Å². The van der Waals surface area contributed by atoms with Gasteiger partial charge in [0.05, 0.1) is 6.04 Å². The van der Waals surface area contributed by atoms with Crippen LogP contribution in [0.15, 0.2) is 65.1 Å². The van der Waals surface area contributed by atoms with Crippen molar-refractivity contribution in [2.75, 3.05) is 19.6 Å². The largest absolute Gasteiger partial charge is 0.451 e. The fourth-order valence-electron chi connectivity index (χ4n) is 3.17. The van der Waals surface area contributed by atoms with Crippen molar-refractivity contribution in [3.05, 3.63) is 72.0 Å². The summed E-state index contributed by atoms with van der Waals surface area (Å²) in [6.45, 7) is 6.68. The van der Waals surface area contributed by atoms with Gasteiger partial charge in [-0.05, 0) is 30.8 Å². The molecule has 0 radical (unpaired) electrons. The van der Waals surface area contributed by atoms with Crippen LogP contribution in [-0.2, 0) is 0 Å². The van der Waals surface area contributed by atoms with Crippen LogP contribution >= 0.6 is 0 Å². The number of furan rings is 1. The number of nitrogens with one attached hydrogen (secondary N) is 1. The lowest BCUT2D eigenvalue weighted by Crippen LogP contribution is -2.38. The van der Waals surface area contributed by atoms with Gasteiger partial charge in [0.1, 0.15) is 5.58 Å².